The van der Waals surface area contributed by atoms with Gasteiger partial charge in [-0.3, -0.25) is 0 Å². The van der Waals surface area contributed by atoms with Crippen LogP contribution in [0.25, 0.3) is 6.08 Å². The minimum atomic E-state index is -3.54. The van der Waals surface area contributed by atoms with Crippen molar-refractivity contribution in [2.24, 2.45) is 0 Å². The van der Waals surface area contributed by atoms with Crippen LogP contribution in [0, 0.1) is 6.92 Å². The molecule has 9 heteroatoms. The van der Waals surface area contributed by atoms with E-state index in [-0.39, 0.29) is 10.9 Å². The lowest BCUT2D eigenvalue weighted by Crippen LogP contribution is -2.31. The molecule has 1 saturated heterocycles. The van der Waals surface area contributed by atoms with Gasteiger partial charge in [0.2, 0.25) is 10.0 Å². The molecular weight excluding hydrogens is 402 g/mol. The molecule has 2 N–H and O–H groups in total. The van der Waals surface area contributed by atoms with Gasteiger partial charge >= 0.3 is 5.97 Å². The number of benzene rings is 1. The summed E-state index contributed by atoms with van der Waals surface area (Å²) in [7, 11) is -3.54. The molecular formula is C19H20ClN3O4S. The summed E-state index contributed by atoms with van der Waals surface area (Å²) in [5.74, 6) is -0.618. The first-order valence-corrected chi connectivity index (χ1v) is 10.5. The second-order valence-electron chi connectivity index (χ2n) is 6.58. The van der Waals surface area contributed by atoms with Crippen molar-refractivity contribution in [3.63, 3.8) is 0 Å². The maximum Gasteiger partial charge on any atom is 0.328 e. The third-order valence-corrected chi connectivity index (χ3v) is 6.60. The summed E-state index contributed by atoms with van der Waals surface area (Å²) in [6, 6.07) is 8.28. The van der Waals surface area contributed by atoms with E-state index in [9.17, 15) is 13.2 Å². The Balaban J connectivity index is 1.67. The molecule has 1 aromatic heterocycles. The van der Waals surface area contributed by atoms with Gasteiger partial charge in [-0.1, -0.05) is 29.3 Å². The number of carboxylic acids is 1. The summed E-state index contributed by atoms with van der Waals surface area (Å²) in [6.07, 6.45) is 4.54. The first-order chi connectivity index (χ1) is 13.3. The van der Waals surface area contributed by atoms with Crippen LogP contribution in [0.3, 0.4) is 0 Å². The zero-order chi connectivity index (χ0) is 20.3. The summed E-state index contributed by atoms with van der Waals surface area (Å²) in [6.45, 7) is 2.63. The van der Waals surface area contributed by atoms with Gasteiger partial charge in [0, 0.05) is 31.4 Å². The maximum absolute atomic E-state index is 12.8. The van der Waals surface area contributed by atoms with Crippen LogP contribution < -0.4 is 5.32 Å². The Morgan fingerprint density at radius 1 is 1.36 bits per heavy atom. The predicted octanol–water partition coefficient (Wildman–Crippen LogP) is 3.02. The summed E-state index contributed by atoms with van der Waals surface area (Å²) in [5, 5.41) is 12.2. The number of carboxylic acid groups (broad SMARTS) is 1. The van der Waals surface area contributed by atoms with Crippen LogP contribution in [-0.2, 0) is 14.8 Å². The largest absolute Gasteiger partial charge is 0.478 e. The first kappa shape index (κ1) is 20.3. The number of rotatable bonds is 6. The molecule has 0 amide bonds. The van der Waals surface area contributed by atoms with Crippen molar-refractivity contribution in [1.82, 2.24) is 9.29 Å². The van der Waals surface area contributed by atoms with Gasteiger partial charge in [0.15, 0.2) is 0 Å². The highest BCUT2D eigenvalue weighted by atomic mass is 35.5. The Bertz CT molecular complexity index is 1010. The van der Waals surface area contributed by atoms with E-state index in [2.05, 4.69) is 10.3 Å². The SMILES string of the molecule is Cc1ccc(S(=O)(=O)N2CC[C@@H](Nc3ncc(/C=C/C(=O)O)cc3Cl)C2)cc1. The zero-order valence-electron chi connectivity index (χ0n) is 15.2. The number of nitrogens with one attached hydrogen (secondary N) is 1. The fourth-order valence-electron chi connectivity index (χ4n) is 2.93. The number of nitrogens with zero attached hydrogens (tertiary/aromatic N) is 2. The molecule has 1 aliphatic heterocycles. The maximum atomic E-state index is 12.8. The number of pyridine rings is 1. The van der Waals surface area contributed by atoms with Gasteiger partial charge in [0.25, 0.3) is 0 Å². The number of hydrogen-bond acceptors (Lipinski definition) is 5. The molecule has 0 spiro atoms. The van der Waals surface area contributed by atoms with Gasteiger partial charge in [-0.15, -0.1) is 0 Å². The van der Waals surface area contributed by atoms with E-state index in [1.54, 1.807) is 30.3 Å². The van der Waals surface area contributed by atoms with E-state index in [4.69, 9.17) is 16.7 Å². The molecule has 1 aromatic carbocycles. The van der Waals surface area contributed by atoms with Gasteiger partial charge < -0.3 is 10.4 Å². The Morgan fingerprint density at radius 2 is 2.07 bits per heavy atom. The highest BCUT2D eigenvalue weighted by molar-refractivity contribution is 7.89. The number of aromatic nitrogens is 1. The third-order valence-electron chi connectivity index (χ3n) is 4.43. The standard InChI is InChI=1S/C19H20ClN3O4S/c1-13-2-5-16(6-3-13)28(26,27)23-9-8-15(12-23)22-19-17(20)10-14(11-21-19)4-7-18(24)25/h2-7,10-11,15H,8-9,12H2,1H3,(H,21,22)(H,24,25)/b7-4+/t15-/m1/s1. The highest BCUT2D eigenvalue weighted by Gasteiger charge is 2.32. The van der Waals surface area contributed by atoms with Gasteiger partial charge in [-0.25, -0.2) is 18.2 Å². The van der Waals surface area contributed by atoms with Gasteiger partial charge in [-0.05, 0) is 43.2 Å². The molecule has 0 saturated carbocycles. The lowest BCUT2D eigenvalue weighted by Gasteiger charge is -2.18. The number of aliphatic carboxylic acids is 1. The fourth-order valence-corrected chi connectivity index (χ4v) is 4.66. The van der Waals surface area contributed by atoms with Crippen LogP contribution in [0.15, 0.2) is 47.5 Å². The number of sulfonamides is 1. The van der Waals surface area contributed by atoms with E-state index in [0.29, 0.717) is 35.9 Å². The second-order valence-corrected chi connectivity index (χ2v) is 8.92. The second kappa shape index (κ2) is 8.30. The van der Waals surface area contributed by atoms with Crippen molar-refractivity contribution in [3.05, 3.63) is 58.8 Å². The topological polar surface area (TPSA) is 99.6 Å². The van der Waals surface area contributed by atoms with E-state index >= 15 is 0 Å². The molecule has 0 radical (unpaired) electrons. The molecule has 0 bridgehead atoms. The molecule has 3 rings (SSSR count). The molecule has 2 aromatic rings. The lowest BCUT2D eigenvalue weighted by atomic mass is 10.2. The number of aryl methyl sites for hydroxylation is 1. The Morgan fingerprint density at radius 3 is 2.71 bits per heavy atom. The van der Waals surface area contributed by atoms with E-state index in [1.165, 1.54) is 16.6 Å². The number of hydrogen-bond donors (Lipinski definition) is 2. The predicted molar refractivity (Wildman–Crippen MR) is 108 cm³/mol. The van der Waals surface area contributed by atoms with Crippen molar-refractivity contribution >= 4 is 39.5 Å². The normalized spacial score (nSPS) is 17.9. The molecule has 148 valence electrons. The van der Waals surface area contributed by atoms with Crippen LogP contribution in [0.2, 0.25) is 5.02 Å². The zero-order valence-corrected chi connectivity index (χ0v) is 16.7. The van der Waals surface area contributed by atoms with Crippen LogP contribution in [0.4, 0.5) is 5.82 Å². The monoisotopic (exact) mass is 421 g/mol. The number of halogens is 1. The van der Waals surface area contributed by atoms with Crippen LogP contribution in [0.1, 0.15) is 17.5 Å². The molecule has 7 nitrogen and oxygen atoms in total. The van der Waals surface area contributed by atoms with Crippen LogP contribution in [0.5, 0.6) is 0 Å². The molecule has 1 aliphatic rings. The quantitative estimate of drug-likeness (QED) is 0.695. The van der Waals surface area contributed by atoms with Crippen molar-refractivity contribution in [1.29, 1.82) is 0 Å². The summed E-state index contributed by atoms with van der Waals surface area (Å²) in [4.78, 5) is 15.1. The van der Waals surface area contributed by atoms with Crippen molar-refractivity contribution in [2.45, 2.75) is 24.3 Å². The molecule has 1 atom stereocenters. The summed E-state index contributed by atoms with van der Waals surface area (Å²) < 4.78 is 27.0. The first-order valence-electron chi connectivity index (χ1n) is 8.65. The Labute approximate surface area is 168 Å². The van der Waals surface area contributed by atoms with Crippen LogP contribution >= 0.6 is 11.6 Å². The minimum Gasteiger partial charge on any atom is -0.478 e. The van der Waals surface area contributed by atoms with Gasteiger partial charge in [-0.2, -0.15) is 4.31 Å². The fraction of sp³-hybridized carbons (Fsp3) is 0.263. The molecule has 0 aliphatic carbocycles. The van der Waals surface area contributed by atoms with Crippen molar-refractivity contribution in [2.75, 3.05) is 18.4 Å². The van der Waals surface area contributed by atoms with Gasteiger partial charge in [0.1, 0.15) is 5.82 Å². The van der Waals surface area contributed by atoms with E-state index in [1.807, 2.05) is 6.92 Å². The highest BCUT2D eigenvalue weighted by Crippen LogP contribution is 2.26. The summed E-state index contributed by atoms with van der Waals surface area (Å²) in [5.41, 5.74) is 1.57. The average Bonchev–Trinajstić information content (AvgIpc) is 3.12. The average molecular weight is 422 g/mol. The number of anilines is 1. The van der Waals surface area contributed by atoms with Crippen molar-refractivity contribution in [3.8, 4) is 0 Å². The molecule has 2 heterocycles. The Kier molecular flexibility index (Phi) is 6.02. The lowest BCUT2D eigenvalue weighted by molar-refractivity contribution is -0.131. The van der Waals surface area contributed by atoms with Crippen LogP contribution in [-0.4, -0.2) is 47.9 Å². The molecule has 1 fully saturated rings. The van der Waals surface area contributed by atoms with Gasteiger partial charge in [0.05, 0.1) is 9.92 Å². The van der Waals surface area contributed by atoms with E-state index in [0.717, 1.165) is 11.6 Å². The Hall–Kier alpha value is -2.42. The molecule has 28 heavy (non-hydrogen) atoms. The molecule has 0 unspecified atom stereocenters. The third kappa shape index (κ3) is 4.70. The van der Waals surface area contributed by atoms with Crippen molar-refractivity contribution < 1.29 is 18.3 Å². The number of carbonyl (C=O) groups is 1. The van der Waals surface area contributed by atoms with E-state index < -0.39 is 16.0 Å². The summed E-state index contributed by atoms with van der Waals surface area (Å²) >= 11 is 6.22. The smallest absolute Gasteiger partial charge is 0.328 e. The minimum absolute atomic E-state index is 0.120.